The fraction of sp³-hybridized carbons (Fsp3) is 0.100. The van der Waals surface area contributed by atoms with Crippen molar-refractivity contribution in [1.82, 2.24) is 5.48 Å². The number of hydroxylamine groups is 1. The largest absolute Gasteiger partial charge is 0.279 e. The maximum Gasteiger partial charge on any atom is 0.175 e. The van der Waals surface area contributed by atoms with Crippen molar-refractivity contribution in [3.8, 4) is 21.6 Å². The predicted molar refractivity (Wildman–Crippen MR) is 107 cm³/mol. The van der Waals surface area contributed by atoms with E-state index in [1.165, 1.54) is 36.8 Å². The molecular weight excluding hydrogens is 385 g/mol. The zero-order valence-corrected chi connectivity index (χ0v) is 16.5. The van der Waals surface area contributed by atoms with E-state index in [2.05, 4.69) is 12.1 Å². The summed E-state index contributed by atoms with van der Waals surface area (Å²) in [5.74, 6) is -0.306. The van der Waals surface area contributed by atoms with Crippen molar-refractivity contribution in [3.63, 3.8) is 0 Å². The molecule has 140 valence electrons. The summed E-state index contributed by atoms with van der Waals surface area (Å²) in [6.45, 7) is 3.95. The van der Waals surface area contributed by atoms with Crippen LogP contribution in [0.1, 0.15) is 4.88 Å². The highest BCUT2D eigenvalue weighted by molar-refractivity contribution is 7.90. The fourth-order valence-corrected chi connectivity index (χ4v) is 4.36. The van der Waals surface area contributed by atoms with Gasteiger partial charge in [0.2, 0.25) is 0 Å². The van der Waals surface area contributed by atoms with Gasteiger partial charge < -0.3 is 0 Å². The molecule has 0 saturated heterocycles. The molecule has 3 rings (SSSR count). The van der Waals surface area contributed by atoms with Crippen LogP contribution in [-0.2, 0) is 14.7 Å². The van der Waals surface area contributed by atoms with Crippen LogP contribution >= 0.6 is 11.3 Å². The van der Waals surface area contributed by atoms with Gasteiger partial charge >= 0.3 is 0 Å². The van der Waals surface area contributed by atoms with Gasteiger partial charge in [0.05, 0.1) is 22.6 Å². The quantitative estimate of drug-likeness (QED) is 0.604. The molecule has 1 heterocycles. The van der Waals surface area contributed by atoms with Gasteiger partial charge in [-0.15, -0.1) is 11.3 Å². The number of benzene rings is 2. The standard InChI is InChI=1S/C20H18FNO3S2/c1-13(22-25-2)19-12-18(14-6-10-17(11-7-14)27(3,23)24)20(26-19)15-4-8-16(21)9-5-15/h4-12,22H,1H2,2-3H3. The molecule has 4 nitrogen and oxygen atoms in total. The van der Waals surface area contributed by atoms with E-state index < -0.39 is 9.84 Å². The highest BCUT2D eigenvalue weighted by atomic mass is 32.2. The zero-order valence-electron chi connectivity index (χ0n) is 14.8. The van der Waals surface area contributed by atoms with Crippen LogP contribution in [0.2, 0.25) is 0 Å². The number of halogens is 1. The van der Waals surface area contributed by atoms with E-state index in [-0.39, 0.29) is 10.7 Å². The second kappa shape index (κ2) is 7.64. The van der Waals surface area contributed by atoms with Crippen molar-refractivity contribution in [2.45, 2.75) is 4.90 Å². The van der Waals surface area contributed by atoms with Crippen molar-refractivity contribution in [2.24, 2.45) is 0 Å². The molecule has 0 bridgehead atoms. The first-order valence-electron chi connectivity index (χ1n) is 7.98. The van der Waals surface area contributed by atoms with Gasteiger partial charge in [-0.2, -0.15) is 0 Å². The lowest BCUT2D eigenvalue weighted by atomic mass is 10.0. The average molecular weight is 404 g/mol. The van der Waals surface area contributed by atoms with Crippen molar-refractivity contribution >= 4 is 26.9 Å². The third-order valence-corrected chi connectivity index (χ3v) is 6.33. The Bertz CT molecular complexity index is 1070. The van der Waals surface area contributed by atoms with E-state index in [0.29, 0.717) is 5.70 Å². The molecule has 0 fully saturated rings. The van der Waals surface area contributed by atoms with E-state index in [4.69, 9.17) is 4.84 Å². The number of sulfone groups is 1. The van der Waals surface area contributed by atoms with E-state index in [0.717, 1.165) is 26.4 Å². The van der Waals surface area contributed by atoms with Gasteiger partial charge in [0.25, 0.3) is 0 Å². The van der Waals surface area contributed by atoms with Crippen LogP contribution < -0.4 is 5.48 Å². The number of thiophene rings is 1. The highest BCUT2D eigenvalue weighted by Crippen LogP contribution is 2.41. The molecule has 2 aromatic carbocycles. The third kappa shape index (κ3) is 4.27. The zero-order chi connectivity index (χ0) is 19.6. The minimum atomic E-state index is -3.26. The molecule has 0 atom stereocenters. The molecule has 0 spiro atoms. The Kier molecular flexibility index (Phi) is 5.46. The summed E-state index contributed by atoms with van der Waals surface area (Å²) in [5.41, 5.74) is 5.94. The maximum atomic E-state index is 13.3. The Hall–Kier alpha value is -2.48. The number of hydrogen-bond donors (Lipinski definition) is 1. The van der Waals surface area contributed by atoms with Crippen LogP contribution in [0, 0.1) is 5.82 Å². The van der Waals surface area contributed by atoms with Crippen LogP contribution in [0.5, 0.6) is 0 Å². The van der Waals surface area contributed by atoms with E-state index >= 15 is 0 Å². The van der Waals surface area contributed by atoms with Crippen molar-refractivity contribution in [2.75, 3.05) is 13.4 Å². The van der Waals surface area contributed by atoms with Crippen molar-refractivity contribution < 1.29 is 17.6 Å². The van der Waals surface area contributed by atoms with Crippen molar-refractivity contribution in [3.05, 3.63) is 71.9 Å². The van der Waals surface area contributed by atoms with Gasteiger partial charge in [0, 0.05) is 16.7 Å². The van der Waals surface area contributed by atoms with Crippen LogP contribution in [-0.4, -0.2) is 21.8 Å². The van der Waals surface area contributed by atoms with Crippen molar-refractivity contribution in [1.29, 1.82) is 0 Å². The van der Waals surface area contributed by atoms with Gasteiger partial charge in [-0.3, -0.25) is 10.3 Å². The lowest BCUT2D eigenvalue weighted by molar-refractivity contribution is 0.137. The molecule has 3 aromatic rings. The molecule has 0 saturated carbocycles. The number of rotatable bonds is 6. The molecule has 1 N–H and O–H groups in total. The Labute approximate surface area is 161 Å². The van der Waals surface area contributed by atoms with Gasteiger partial charge in [-0.1, -0.05) is 30.8 Å². The summed E-state index contributed by atoms with van der Waals surface area (Å²) in [6.07, 6.45) is 1.18. The Balaban J connectivity index is 2.12. The van der Waals surface area contributed by atoms with Crippen LogP contribution in [0.25, 0.3) is 27.3 Å². The number of nitrogens with one attached hydrogen (secondary N) is 1. The summed E-state index contributed by atoms with van der Waals surface area (Å²) in [4.78, 5) is 6.97. The fourth-order valence-electron chi connectivity index (χ4n) is 2.63. The van der Waals surface area contributed by atoms with E-state index in [9.17, 15) is 12.8 Å². The normalized spacial score (nSPS) is 11.4. The molecule has 0 aliphatic carbocycles. The average Bonchev–Trinajstić information content (AvgIpc) is 3.07. The molecule has 27 heavy (non-hydrogen) atoms. The van der Waals surface area contributed by atoms with Gasteiger partial charge in [-0.05, 0) is 41.5 Å². The molecular formula is C20H18FNO3S2. The summed E-state index contributed by atoms with van der Waals surface area (Å²) < 4.78 is 36.7. The first kappa shape index (κ1) is 19.3. The Morgan fingerprint density at radius 2 is 1.67 bits per heavy atom. The monoisotopic (exact) mass is 403 g/mol. The van der Waals surface area contributed by atoms with Gasteiger partial charge in [0.1, 0.15) is 5.82 Å². The molecule has 0 amide bonds. The SMILES string of the molecule is C=C(NOC)c1cc(-c2ccc(S(C)(=O)=O)cc2)c(-c2ccc(F)cc2)s1. The molecule has 0 aliphatic rings. The van der Waals surface area contributed by atoms with Gasteiger partial charge in [0.15, 0.2) is 9.84 Å². The summed E-state index contributed by atoms with van der Waals surface area (Å²) in [7, 11) is -1.76. The Morgan fingerprint density at radius 1 is 1.07 bits per heavy atom. The third-order valence-electron chi connectivity index (χ3n) is 3.95. The summed E-state index contributed by atoms with van der Waals surface area (Å²) in [6, 6.07) is 14.9. The molecule has 0 radical (unpaired) electrons. The minimum absolute atomic E-state index is 0.260. The van der Waals surface area contributed by atoms with Gasteiger partial charge in [-0.25, -0.2) is 12.8 Å². The second-order valence-corrected chi connectivity index (χ2v) is 9.01. The highest BCUT2D eigenvalue weighted by Gasteiger charge is 2.16. The van der Waals surface area contributed by atoms with E-state index in [1.54, 1.807) is 36.4 Å². The van der Waals surface area contributed by atoms with Crippen LogP contribution in [0.4, 0.5) is 4.39 Å². The number of hydrogen-bond acceptors (Lipinski definition) is 5. The molecule has 7 heteroatoms. The Morgan fingerprint density at radius 3 is 2.22 bits per heavy atom. The smallest absolute Gasteiger partial charge is 0.175 e. The lowest BCUT2D eigenvalue weighted by Gasteiger charge is -2.06. The summed E-state index contributed by atoms with van der Waals surface area (Å²) in [5, 5.41) is 0. The molecule has 0 unspecified atom stereocenters. The second-order valence-electron chi connectivity index (χ2n) is 5.94. The van der Waals surface area contributed by atoms with E-state index in [1.807, 2.05) is 6.07 Å². The van der Waals surface area contributed by atoms with Crippen LogP contribution in [0.3, 0.4) is 0 Å². The minimum Gasteiger partial charge on any atom is -0.279 e. The first-order valence-corrected chi connectivity index (χ1v) is 10.7. The topological polar surface area (TPSA) is 55.4 Å². The lowest BCUT2D eigenvalue weighted by Crippen LogP contribution is -2.07. The molecule has 1 aromatic heterocycles. The van der Waals surface area contributed by atoms with Crippen LogP contribution in [0.15, 0.2) is 66.1 Å². The molecule has 0 aliphatic heterocycles. The maximum absolute atomic E-state index is 13.3. The predicted octanol–water partition coefficient (Wildman–Crippen LogP) is 4.75. The summed E-state index contributed by atoms with van der Waals surface area (Å²) >= 11 is 1.49. The first-order chi connectivity index (χ1) is 12.8.